The van der Waals surface area contributed by atoms with E-state index in [9.17, 15) is 4.79 Å². The summed E-state index contributed by atoms with van der Waals surface area (Å²) >= 11 is 0. The first-order chi connectivity index (χ1) is 8.08. The zero-order chi connectivity index (χ0) is 12.2. The van der Waals surface area contributed by atoms with Crippen molar-refractivity contribution in [2.75, 3.05) is 0 Å². The van der Waals surface area contributed by atoms with Crippen LogP contribution >= 0.6 is 0 Å². The third kappa shape index (κ3) is 1.65. The Hall–Kier alpha value is -1.38. The fraction of sp³-hybridized carbons (Fsp3) is 0.571. The maximum atomic E-state index is 12.3. The Morgan fingerprint density at radius 2 is 2.12 bits per heavy atom. The predicted octanol–water partition coefficient (Wildman–Crippen LogP) is 2.63. The van der Waals surface area contributed by atoms with Gasteiger partial charge in [0.05, 0.1) is 0 Å². The molecule has 1 aromatic rings. The van der Waals surface area contributed by atoms with E-state index in [1.807, 2.05) is 17.9 Å². The highest BCUT2D eigenvalue weighted by molar-refractivity contribution is 5.99. The van der Waals surface area contributed by atoms with Gasteiger partial charge in [-0.25, -0.2) is 0 Å². The average Bonchev–Trinajstić information content (AvgIpc) is 3.04. The van der Waals surface area contributed by atoms with Crippen LogP contribution in [0.2, 0.25) is 0 Å². The number of carbonyl (C=O) groups excluding carboxylic acids is 1. The van der Waals surface area contributed by atoms with E-state index in [0.717, 1.165) is 17.8 Å². The summed E-state index contributed by atoms with van der Waals surface area (Å²) in [5.41, 5.74) is 4.26. The predicted molar refractivity (Wildman–Crippen MR) is 66.0 cm³/mol. The van der Waals surface area contributed by atoms with Gasteiger partial charge in [0.2, 0.25) is 0 Å². The van der Waals surface area contributed by atoms with E-state index < -0.39 is 0 Å². The number of hydrogen-bond acceptors (Lipinski definition) is 2. The van der Waals surface area contributed by atoms with E-state index in [-0.39, 0.29) is 11.9 Å². The number of carbonyl (C=O) groups is 1. The molecule has 0 spiro atoms. The van der Waals surface area contributed by atoms with Crippen molar-refractivity contribution >= 4 is 5.91 Å². The Kier molecular flexibility index (Phi) is 2.25. The zero-order valence-corrected chi connectivity index (χ0v) is 10.7. The standard InChI is InChI=1S/C14H18N2O/c1-8(2)16-7-12-11(14(16)17)6-9(3)15-13(12)10-4-5-10/h6,8,10H,4-5,7H2,1-3H3. The quantitative estimate of drug-likeness (QED) is 0.782. The highest BCUT2D eigenvalue weighted by Crippen LogP contribution is 2.43. The van der Waals surface area contributed by atoms with E-state index in [0.29, 0.717) is 5.92 Å². The molecular weight excluding hydrogens is 212 g/mol. The molecule has 0 aromatic carbocycles. The van der Waals surface area contributed by atoms with Crippen LogP contribution in [0.3, 0.4) is 0 Å². The average molecular weight is 230 g/mol. The maximum Gasteiger partial charge on any atom is 0.254 e. The van der Waals surface area contributed by atoms with Gasteiger partial charge in [0.25, 0.3) is 5.91 Å². The highest BCUT2D eigenvalue weighted by atomic mass is 16.2. The SMILES string of the molecule is Cc1cc2c(c(C3CC3)n1)CN(C(C)C)C2=O. The van der Waals surface area contributed by atoms with Crippen molar-refractivity contribution in [2.24, 2.45) is 0 Å². The second-order valence-corrected chi connectivity index (χ2v) is 5.48. The lowest BCUT2D eigenvalue weighted by Crippen LogP contribution is -2.30. The van der Waals surface area contributed by atoms with Gasteiger partial charge in [-0.1, -0.05) is 0 Å². The van der Waals surface area contributed by atoms with Gasteiger partial charge in [-0.2, -0.15) is 0 Å². The second-order valence-electron chi connectivity index (χ2n) is 5.48. The van der Waals surface area contributed by atoms with E-state index in [1.54, 1.807) is 0 Å². The molecule has 1 fully saturated rings. The molecule has 1 aliphatic carbocycles. The van der Waals surface area contributed by atoms with E-state index in [4.69, 9.17) is 0 Å². The summed E-state index contributed by atoms with van der Waals surface area (Å²) in [6, 6.07) is 2.22. The fourth-order valence-electron chi connectivity index (χ4n) is 2.59. The molecule has 0 unspecified atom stereocenters. The summed E-state index contributed by atoms with van der Waals surface area (Å²) in [6.07, 6.45) is 2.47. The largest absolute Gasteiger partial charge is 0.332 e. The Morgan fingerprint density at radius 1 is 1.41 bits per heavy atom. The first-order valence-electron chi connectivity index (χ1n) is 6.39. The molecule has 0 N–H and O–H groups in total. The van der Waals surface area contributed by atoms with Crippen molar-refractivity contribution in [3.63, 3.8) is 0 Å². The van der Waals surface area contributed by atoms with Crippen molar-refractivity contribution in [3.8, 4) is 0 Å². The monoisotopic (exact) mass is 230 g/mol. The van der Waals surface area contributed by atoms with Crippen molar-refractivity contribution < 1.29 is 4.79 Å². The molecule has 2 heterocycles. The van der Waals surface area contributed by atoms with Gasteiger partial charge in [-0.05, 0) is 39.7 Å². The summed E-state index contributed by atoms with van der Waals surface area (Å²) < 4.78 is 0. The molecule has 17 heavy (non-hydrogen) atoms. The summed E-state index contributed by atoms with van der Waals surface area (Å²) in [4.78, 5) is 18.9. The minimum absolute atomic E-state index is 0.183. The van der Waals surface area contributed by atoms with Gasteiger partial charge in [0, 0.05) is 41.0 Å². The van der Waals surface area contributed by atoms with Crippen molar-refractivity contribution in [3.05, 3.63) is 28.6 Å². The first-order valence-corrected chi connectivity index (χ1v) is 6.39. The fourth-order valence-corrected chi connectivity index (χ4v) is 2.59. The van der Waals surface area contributed by atoms with Crippen LogP contribution in [0.4, 0.5) is 0 Å². The maximum absolute atomic E-state index is 12.3. The Bertz CT molecular complexity index is 489. The molecule has 1 saturated carbocycles. The second kappa shape index (κ2) is 3.56. The molecule has 3 nitrogen and oxygen atoms in total. The zero-order valence-electron chi connectivity index (χ0n) is 10.7. The third-order valence-corrected chi connectivity index (χ3v) is 3.69. The van der Waals surface area contributed by atoms with Crippen LogP contribution in [-0.4, -0.2) is 21.8 Å². The Morgan fingerprint density at radius 3 is 2.71 bits per heavy atom. The lowest BCUT2D eigenvalue weighted by molar-refractivity contribution is 0.0730. The molecule has 0 bridgehead atoms. The minimum Gasteiger partial charge on any atom is -0.332 e. The van der Waals surface area contributed by atoms with Crippen LogP contribution in [0.25, 0.3) is 0 Å². The minimum atomic E-state index is 0.183. The molecule has 2 aliphatic rings. The van der Waals surface area contributed by atoms with Gasteiger partial charge in [0.1, 0.15) is 0 Å². The smallest absolute Gasteiger partial charge is 0.254 e. The molecule has 3 rings (SSSR count). The summed E-state index contributed by atoms with van der Waals surface area (Å²) in [5.74, 6) is 0.797. The van der Waals surface area contributed by atoms with Gasteiger partial charge in [-0.15, -0.1) is 0 Å². The lowest BCUT2D eigenvalue weighted by Gasteiger charge is -2.19. The highest BCUT2D eigenvalue weighted by Gasteiger charge is 2.36. The van der Waals surface area contributed by atoms with E-state index in [1.165, 1.54) is 24.1 Å². The molecule has 90 valence electrons. The lowest BCUT2D eigenvalue weighted by atomic mass is 10.0. The molecule has 3 heteroatoms. The van der Waals surface area contributed by atoms with Gasteiger partial charge in [0.15, 0.2) is 0 Å². The van der Waals surface area contributed by atoms with Crippen LogP contribution in [0.5, 0.6) is 0 Å². The molecule has 1 aromatic heterocycles. The van der Waals surface area contributed by atoms with Crippen molar-refractivity contribution in [1.29, 1.82) is 0 Å². The van der Waals surface area contributed by atoms with Crippen LogP contribution in [-0.2, 0) is 6.54 Å². The van der Waals surface area contributed by atoms with Crippen molar-refractivity contribution in [2.45, 2.75) is 52.1 Å². The van der Waals surface area contributed by atoms with Gasteiger partial charge < -0.3 is 4.90 Å². The Balaban J connectivity index is 2.09. The normalized spacial score (nSPS) is 19.1. The molecule has 0 atom stereocenters. The topological polar surface area (TPSA) is 33.2 Å². The van der Waals surface area contributed by atoms with Gasteiger partial charge in [-0.3, -0.25) is 9.78 Å². The number of aromatic nitrogens is 1. The number of hydrogen-bond donors (Lipinski definition) is 0. The summed E-state index contributed by atoms with van der Waals surface area (Å²) in [7, 11) is 0. The van der Waals surface area contributed by atoms with Crippen LogP contribution in [0, 0.1) is 6.92 Å². The summed E-state index contributed by atoms with van der Waals surface area (Å²) in [6.45, 7) is 6.88. The number of fused-ring (bicyclic) bond motifs is 1. The van der Waals surface area contributed by atoms with Crippen LogP contribution in [0.1, 0.15) is 59.9 Å². The number of rotatable bonds is 2. The molecular formula is C14H18N2O. The third-order valence-electron chi connectivity index (χ3n) is 3.69. The summed E-state index contributed by atoms with van der Waals surface area (Å²) in [5, 5.41) is 0. The number of aryl methyl sites for hydroxylation is 1. The molecule has 1 aliphatic heterocycles. The first kappa shape index (κ1) is 10.8. The van der Waals surface area contributed by atoms with Gasteiger partial charge >= 0.3 is 0 Å². The van der Waals surface area contributed by atoms with E-state index >= 15 is 0 Å². The molecule has 1 amide bonds. The molecule has 0 radical (unpaired) electrons. The Labute approximate surface area is 102 Å². The number of pyridine rings is 1. The number of nitrogens with zero attached hydrogens (tertiary/aromatic N) is 2. The van der Waals surface area contributed by atoms with Crippen LogP contribution in [0.15, 0.2) is 6.07 Å². The van der Waals surface area contributed by atoms with Crippen LogP contribution < -0.4 is 0 Å². The van der Waals surface area contributed by atoms with E-state index in [2.05, 4.69) is 18.8 Å². The van der Waals surface area contributed by atoms with Crippen molar-refractivity contribution in [1.82, 2.24) is 9.88 Å². The number of amides is 1. The molecule has 0 saturated heterocycles.